The minimum Gasteiger partial charge on any atom is -0.496 e. The SMILES string of the molecule is COc1ccc(C)cc1C(C)NC(=O)NC1(CO)CCCC1. The lowest BCUT2D eigenvalue weighted by atomic mass is 9.99. The van der Waals surface area contributed by atoms with Crippen molar-refractivity contribution < 1.29 is 14.6 Å². The Labute approximate surface area is 132 Å². The molecule has 22 heavy (non-hydrogen) atoms. The van der Waals surface area contributed by atoms with E-state index in [1.54, 1.807) is 7.11 Å². The second-order valence-corrected chi connectivity index (χ2v) is 6.21. The molecule has 0 heterocycles. The first kappa shape index (κ1) is 16.6. The molecule has 1 fully saturated rings. The molecule has 5 nitrogen and oxygen atoms in total. The van der Waals surface area contributed by atoms with E-state index in [1.165, 1.54) is 0 Å². The molecule has 0 radical (unpaired) electrons. The van der Waals surface area contributed by atoms with Crippen molar-refractivity contribution in [2.24, 2.45) is 0 Å². The molecule has 0 spiro atoms. The Bertz CT molecular complexity index is 525. The Hall–Kier alpha value is -1.75. The average Bonchev–Trinajstić information content (AvgIpc) is 2.96. The van der Waals surface area contributed by atoms with Gasteiger partial charge in [-0.25, -0.2) is 4.79 Å². The molecule has 1 aromatic carbocycles. The lowest BCUT2D eigenvalue weighted by Crippen LogP contribution is -2.53. The number of nitrogens with one attached hydrogen (secondary N) is 2. The van der Waals surface area contributed by atoms with Gasteiger partial charge in [-0.1, -0.05) is 30.5 Å². The summed E-state index contributed by atoms with van der Waals surface area (Å²) in [5.41, 5.74) is 1.61. The maximum Gasteiger partial charge on any atom is 0.315 e. The predicted molar refractivity (Wildman–Crippen MR) is 86.1 cm³/mol. The highest BCUT2D eigenvalue weighted by molar-refractivity contribution is 5.75. The molecule has 0 aliphatic heterocycles. The quantitative estimate of drug-likeness (QED) is 0.783. The number of methoxy groups -OCH3 is 1. The van der Waals surface area contributed by atoms with Crippen LogP contribution >= 0.6 is 0 Å². The van der Waals surface area contributed by atoms with Crippen LogP contribution in [0, 0.1) is 6.92 Å². The molecule has 0 saturated heterocycles. The van der Waals surface area contributed by atoms with Crippen LogP contribution in [0.2, 0.25) is 0 Å². The van der Waals surface area contributed by atoms with Crippen LogP contribution in [0.4, 0.5) is 4.79 Å². The van der Waals surface area contributed by atoms with Crippen molar-refractivity contribution in [2.75, 3.05) is 13.7 Å². The fourth-order valence-corrected chi connectivity index (χ4v) is 3.12. The van der Waals surface area contributed by atoms with Crippen molar-refractivity contribution in [3.05, 3.63) is 29.3 Å². The van der Waals surface area contributed by atoms with Gasteiger partial charge in [0.25, 0.3) is 0 Å². The van der Waals surface area contributed by atoms with Crippen LogP contribution in [-0.4, -0.2) is 30.4 Å². The van der Waals surface area contributed by atoms with E-state index in [4.69, 9.17) is 4.74 Å². The Morgan fingerprint density at radius 3 is 2.68 bits per heavy atom. The number of amides is 2. The second-order valence-electron chi connectivity index (χ2n) is 6.21. The molecule has 1 aliphatic carbocycles. The van der Waals surface area contributed by atoms with E-state index < -0.39 is 5.54 Å². The maximum absolute atomic E-state index is 12.3. The lowest BCUT2D eigenvalue weighted by molar-refractivity contribution is 0.162. The Balaban J connectivity index is 2.03. The van der Waals surface area contributed by atoms with Gasteiger partial charge in [0.2, 0.25) is 0 Å². The number of urea groups is 1. The van der Waals surface area contributed by atoms with Crippen LogP contribution < -0.4 is 15.4 Å². The minimum absolute atomic E-state index is 0.0113. The molecule has 1 aliphatic rings. The van der Waals surface area contributed by atoms with E-state index in [-0.39, 0.29) is 18.7 Å². The van der Waals surface area contributed by atoms with Crippen molar-refractivity contribution in [1.82, 2.24) is 10.6 Å². The normalized spacial score (nSPS) is 17.8. The number of aryl methyl sites for hydroxylation is 1. The zero-order valence-electron chi connectivity index (χ0n) is 13.6. The first-order valence-corrected chi connectivity index (χ1v) is 7.84. The lowest BCUT2D eigenvalue weighted by Gasteiger charge is -2.29. The first-order valence-electron chi connectivity index (χ1n) is 7.84. The molecule has 1 saturated carbocycles. The van der Waals surface area contributed by atoms with Crippen molar-refractivity contribution in [1.29, 1.82) is 0 Å². The van der Waals surface area contributed by atoms with Crippen LogP contribution in [0.5, 0.6) is 5.75 Å². The van der Waals surface area contributed by atoms with E-state index in [0.29, 0.717) is 0 Å². The van der Waals surface area contributed by atoms with Crippen LogP contribution in [0.15, 0.2) is 18.2 Å². The molecular formula is C17H26N2O3. The summed E-state index contributed by atoms with van der Waals surface area (Å²) < 4.78 is 5.37. The number of aliphatic hydroxyl groups is 1. The summed E-state index contributed by atoms with van der Waals surface area (Å²) in [6.07, 6.45) is 3.75. The minimum atomic E-state index is -0.458. The fourth-order valence-electron chi connectivity index (χ4n) is 3.12. The molecular weight excluding hydrogens is 280 g/mol. The summed E-state index contributed by atoms with van der Waals surface area (Å²) in [5.74, 6) is 0.760. The van der Waals surface area contributed by atoms with Gasteiger partial charge in [-0.15, -0.1) is 0 Å². The zero-order valence-corrected chi connectivity index (χ0v) is 13.6. The third kappa shape index (κ3) is 3.71. The summed E-state index contributed by atoms with van der Waals surface area (Å²) in [6, 6.07) is 5.49. The Kier molecular flexibility index (Phi) is 5.29. The van der Waals surface area contributed by atoms with E-state index in [0.717, 1.165) is 42.6 Å². The largest absolute Gasteiger partial charge is 0.496 e. The highest BCUT2D eigenvalue weighted by Crippen LogP contribution is 2.29. The van der Waals surface area contributed by atoms with E-state index in [9.17, 15) is 9.90 Å². The van der Waals surface area contributed by atoms with Crippen molar-refractivity contribution in [3.8, 4) is 5.75 Å². The average molecular weight is 306 g/mol. The second kappa shape index (κ2) is 7.01. The zero-order chi connectivity index (χ0) is 16.2. The van der Waals surface area contributed by atoms with E-state index in [2.05, 4.69) is 10.6 Å². The van der Waals surface area contributed by atoms with Gasteiger partial charge in [-0.3, -0.25) is 0 Å². The van der Waals surface area contributed by atoms with Gasteiger partial charge in [0.1, 0.15) is 5.75 Å². The fraction of sp³-hybridized carbons (Fsp3) is 0.588. The van der Waals surface area contributed by atoms with Crippen molar-refractivity contribution in [2.45, 2.75) is 51.1 Å². The summed E-state index contributed by atoms with van der Waals surface area (Å²) in [7, 11) is 1.63. The van der Waals surface area contributed by atoms with Crippen LogP contribution in [0.3, 0.4) is 0 Å². The number of benzene rings is 1. The number of hydrogen-bond donors (Lipinski definition) is 3. The third-order valence-electron chi connectivity index (χ3n) is 4.44. The molecule has 122 valence electrons. The molecule has 1 atom stereocenters. The number of carbonyl (C=O) groups excluding carboxylic acids is 1. The van der Waals surface area contributed by atoms with Gasteiger partial charge in [-0.2, -0.15) is 0 Å². The molecule has 2 rings (SSSR count). The Morgan fingerprint density at radius 1 is 1.41 bits per heavy atom. The molecule has 2 amide bonds. The van der Waals surface area contributed by atoms with Crippen molar-refractivity contribution in [3.63, 3.8) is 0 Å². The summed E-state index contributed by atoms with van der Waals surface area (Å²) >= 11 is 0. The van der Waals surface area contributed by atoms with Gasteiger partial charge in [-0.05, 0) is 32.8 Å². The molecule has 5 heteroatoms. The van der Waals surface area contributed by atoms with Crippen LogP contribution in [-0.2, 0) is 0 Å². The number of rotatable bonds is 5. The van der Waals surface area contributed by atoms with E-state index in [1.807, 2.05) is 32.0 Å². The number of carbonyl (C=O) groups is 1. The molecule has 3 N–H and O–H groups in total. The highest BCUT2D eigenvalue weighted by Gasteiger charge is 2.34. The third-order valence-corrected chi connectivity index (χ3v) is 4.44. The van der Waals surface area contributed by atoms with Gasteiger partial charge in [0.05, 0.1) is 25.3 Å². The van der Waals surface area contributed by atoms with Crippen molar-refractivity contribution >= 4 is 6.03 Å². The summed E-state index contributed by atoms with van der Waals surface area (Å²) in [5, 5.41) is 15.5. The van der Waals surface area contributed by atoms with Gasteiger partial charge < -0.3 is 20.5 Å². The number of hydrogen-bond acceptors (Lipinski definition) is 3. The van der Waals surface area contributed by atoms with Crippen LogP contribution in [0.1, 0.15) is 49.8 Å². The predicted octanol–water partition coefficient (Wildman–Crippen LogP) is 2.67. The standard InChI is InChI=1S/C17H26N2O3/c1-12-6-7-15(22-3)14(10-12)13(2)18-16(21)19-17(11-20)8-4-5-9-17/h6-7,10,13,20H,4-5,8-9,11H2,1-3H3,(H2,18,19,21). The molecule has 0 bridgehead atoms. The Morgan fingerprint density at radius 2 is 2.09 bits per heavy atom. The van der Waals surface area contributed by atoms with Crippen LogP contribution in [0.25, 0.3) is 0 Å². The summed E-state index contributed by atoms with van der Waals surface area (Å²) in [6.45, 7) is 3.93. The topological polar surface area (TPSA) is 70.6 Å². The van der Waals surface area contributed by atoms with Gasteiger partial charge >= 0.3 is 6.03 Å². The molecule has 0 aromatic heterocycles. The first-order chi connectivity index (χ1) is 10.5. The number of aliphatic hydroxyl groups excluding tert-OH is 1. The maximum atomic E-state index is 12.3. The van der Waals surface area contributed by atoms with Gasteiger partial charge in [0, 0.05) is 5.56 Å². The summed E-state index contributed by atoms with van der Waals surface area (Å²) in [4.78, 5) is 12.3. The smallest absolute Gasteiger partial charge is 0.315 e. The monoisotopic (exact) mass is 306 g/mol. The molecule has 1 unspecified atom stereocenters. The highest BCUT2D eigenvalue weighted by atomic mass is 16.5. The van der Waals surface area contributed by atoms with Gasteiger partial charge in [0.15, 0.2) is 0 Å². The molecule has 1 aromatic rings. The number of ether oxygens (including phenoxy) is 1. The van der Waals surface area contributed by atoms with E-state index >= 15 is 0 Å².